The van der Waals surface area contributed by atoms with E-state index in [1.807, 2.05) is 0 Å². The predicted octanol–water partition coefficient (Wildman–Crippen LogP) is 3.96. The van der Waals surface area contributed by atoms with E-state index in [1.165, 1.54) is 29.1 Å². The van der Waals surface area contributed by atoms with Crippen LogP contribution in [0, 0.1) is 17.5 Å². The van der Waals surface area contributed by atoms with Crippen molar-refractivity contribution in [3.8, 4) is 5.69 Å². The first-order valence-corrected chi connectivity index (χ1v) is 8.07. The number of halogens is 3. The zero-order valence-corrected chi connectivity index (χ0v) is 13.5. The zero-order chi connectivity index (χ0) is 18.3. The van der Waals surface area contributed by atoms with Gasteiger partial charge in [-0.05, 0) is 31.0 Å². The van der Waals surface area contributed by atoms with Crippen LogP contribution in [0.15, 0.2) is 54.7 Å². The normalized spacial score (nSPS) is 14.9. The van der Waals surface area contributed by atoms with Gasteiger partial charge in [0.2, 0.25) is 5.91 Å². The summed E-state index contributed by atoms with van der Waals surface area (Å²) in [5, 5.41) is 6.75. The van der Waals surface area contributed by atoms with Crippen molar-refractivity contribution in [3.63, 3.8) is 0 Å². The highest BCUT2D eigenvalue weighted by atomic mass is 19.1. The molecular weight excluding hydrogens is 343 g/mol. The van der Waals surface area contributed by atoms with Gasteiger partial charge in [0.25, 0.3) is 0 Å². The highest BCUT2D eigenvalue weighted by molar-refractivity contribution is 6.00. The van der Waals surface area contributed by atoms with Crippen LogP contribution < -0.4 is 5.32 Å². The van der Waals surface area contributed by atoms with E-state index in [9.17, 15) is 18.0 Å². The van der Waals surface area contributed by atoms with Crippen LogP contribution in [0.3, 0.4) is 0 Å². The minimum Gasteiger partial charge on any atom is -0.308 e. The third-order valence-electron chi connectivity index (χ3n) is 4.56. The van der Waals surface area contributed by atoms with Crippen LogP contribution in [0.1, 0.15) is 18.4 Å². The first-order valence-electron chi connectivity index (χ1n) is 8.07. The van der Waals surface area contributed by atoms with Crippen LogP contribution in [-0.4, -0.2) is 15.7 Å². The maximum atomic E-state index is 14.1. The zero-order valence-electron chi connectivity index (χ0n) is 13.5. The fraction of sp³-hybridized carbons (Fsp3) is 0.158. The highest BCUT2D eigenvalue weighted by Crippen LogP contribution is 2.49. The summed E-state index contributed by atoms with van der Waals surface area (Å²) in [6.45, 7) is 0. The van der Waals surface area contributed by atoms with Gasteiger partial charge in [-0.2, -0.15) is 0 Å². The van der Waals surface area contributed by atoms with Gasteiger partial charge in [-0.1, -0.05) is 18.2 Å². The summed E-state index contributed by atoms with van der Waals surface area (Å²) in [6.07, 6.45) is 2.55. The standard InChI is InChI=1S/C19H14F3N3O/c20-12-5-6-16(15(22)11-12)25-10-7-17(24-25)23-18(26)19(8-9-19)13-3-1-2-4-14(13)21/h1-7,10-11H,8-9H2,(H,23,24,26). The number of carbonyl (C=O) groups excluding carboxylic acids is 1. The molecule has 3 aromatic rings. The number of carbonyl (C=O) groups is 1. The predicted molar refractivity (Wildman–Crippen MR) is 89.4 cm³/mol. The van der Waals surface area contributed by atoms with Gasteiger partial charge >= 0.3 is 0 Å². The van der Waals surface area contributed by atoms with Gasteiger partial charge in [0.05, 0.1) is 5.41 Å². The van der Waals surface area contributed by atoms with E-state index in [2.05, 4.69) is 10.4 Å². The second-order valence-corrected chi connectivity index (χ2v) is 6.26. The summed E-state index contributed by atoms with van der Waals surface area (Å²) in [5.41, 5.74) is -0.473. The Labute approximate surface area is 147 Å². The van der Waals surface area contributed by atoms with Gasteiger partial charge in [-0.25, -0.2) is 17.9 Å². The van der Waals surface area contributed by atoms with E-state index in [0.29, 0.717) is 18.4 Å². The Hall–Kier alpha value is -3.09. The molecule has 1 fully saturated rings. The van der Waals surface area contributed by atoms with Crippen molar-refractivity contribution in [2.24, 2.45) is 0 Å². The number of benzene rings is 2. The van der Waals surface area contributed by atoms with E-state index >= 15 is 0 Å². The molecule has 1 aliphatic carbocycles. The Bertz CT molecular complexity index is 995. The average Bonchev–Trinajstić information content (AvgIpc) is 3.29. The van der Waals surface area contributed by atoms with Crippen molar-refractivity contribution in [1.82, 2.24) is 9.78 Å². The molecule has 132 valence electrons. The molecule has 1 amide bonds. The van der Waals surface area contributed by atoms with Gasteiger partial charge in [0.1, 0.15) is 17.3 Å². The van der Waals surface area contributed by atoms with Gasteiger partial charge in [0.15, 0.2) is 11.6 Å². The molecule has 1 aromatic heterocycles. The van der Waals surface area contributed by atoms with Gasteiger partial charge < -0.3 is 5.32 Å². The van der Waals surface area contributed by atoms with Crippen molar-refractivity contribution < 1.29 is 18.0 Å². The van der Waals surface area contributed by atoms with Crippen LogP contribution in [0.5, 0.6) is 0 Å². The average molecular weight is 357 g/mol. The Morgan fingerprint density at radius 1 is 1.04 bits per heavy atom. The van der Waals surface area contributed by atoms with E-state index < -0.39 is 22.9 Å². The maximum absolute atomic E-state index is 14.1. The minimum absolute atomic E-state index is 0.0575. The largest absolute Gasteiger partial charge is 0.308 e. The van der Waals surface area contributed by atoms with E-state index in [4.69, 9.17) is 0 Å². The quantitative estimate of drug-likeness (QED) is 0.768. The summed E-state index contributed by atoms with van der Waals surface area (Å²) in [4.78, 5) is 12.7. The molecule has 1 saturated carbocycles. The number of nitrogens with one attached hydrogen (secondary N) is 1. The lowest BCUT2D eigenvalue weighted by molar-refractivity contribution is -0.118. The summed E-state index contributed by atoms with van der Waals surface area (Å²) in [6, 6.07) is 10.8. The maximum Gasteiger partial charge on any atom is 0.236 e. The van der Waals surface area contributed by atoms with Gasteiger partial charge in [-0.15, -0.1) is 5.10 Å². The molecule has 26 heavy (non-hydrogen) atoms. The summed E-state index contributed by atoms with van der Waals surface area (Å²) >= 11 is 0. The van der Waals surface area contributed by atoms with Crippen molar-refractivity contribution in [2.45, 2.75) is 18.3 Å². The Morgan fingerprint density at radius 2 is 1.81 bits per heavy atom. The second-order valence-electron chi connectivity index (χ2n) is 6.26. The molecule has 0 atom stereocenters. The van der Waals surface area contributed by atoms with Crippen LogP contribution in [0.4, 0.5) is 19.0 Å². The number of rotatable bonds is 4. The fourth-order valence-electron chi connectivity index (χ4n) is 3.02. The summed E-state index contributed by atoms with van der Waals surface area (Å²) in [7, 11) is 0. The smallest absolute Gasteiger partial charge is 0.236 e. The molecule has 0 spiro atoms. The molecule has 0 unspecified atom stereocenters. The van der Waals surface area contributed by atoms with Crippen LogP contribution in [-0.2, 0) is 10.2 Å². The number of anilines is 1. The Balaban J connectivity index is 1.56. The van der Waals surface area contributed by atoms with E-state index in [1.54, 1.807) is 18.2 Å². The molecule has 0 bridgehead atoms. The van der Waals surface area contributed by atoms with Crippen molar-refractivity contribution >= 4 is 11.7 Å². The van der Waals surface area contributed by atoms with Crippen molar-refractivity contribution in [3.05, 3.63) is 77.7 Å². The number of amides is 1. The molecule has 7 heteroatoms. The Kier molecular flexibility index (Phi) is 3.79. The lowest BCUT2D eigenvalue weighted by atomic mass is 9.94. The molecule has 1 N–H and O–H groups in total. The monoisotopic (exact) mass is 357 g/mol. The van der Waals surface area contributed by atoms with Crippen LogP contribution in [0.25, 0.3) is 5.69 Å². The summed E-state index contributed by atoms with van der Waals surface area (Å²) < 4.78 is 42.1. The minimum atomic E-state index is -0.893. The van der Waals surface area contributed by atoms with Gasteiger partial charge in [0, 0.05) is 23.9 Å². The van der Waals surface area contributed by atoms with Crippen LogP contribution >= 0.6 is 0 Å². The second kappa shape index (κ2) is 6.01. The lowest BCUT2D eigenvalue weighted by Gasteiger charge is -2.15. The Morgan fingerprint density at radius 3 is 2.50 bits per heavy atom. The topological polar surface area (TPSA) is 46.9 Å². The van der Waals surface area contributed by atoms with Gasteiger partial charge in [-0.3, -0.25) is 4.79 Å². The molecule has 0 saturated heterocycles. The van der Waals surface area contributed by atoms with E-state index in [0.717, 1.165) is 12.1 Å². The third-order valence-corrected chi connectivity index (χ3v) is 4.56. The number of nitrogens with zero attached hydrogens (tertiary/aromatic N) is 2. The van der Waals surface area contributed by atoms with Crippen molar-refractivity contribution in [1.29, 1.82) is 0 Å². The van der Waals surface area contributed by atoms with Crippen molar-refractivity contribution in [2.75, 3.05) is 5.32 Å². The SMILES string of the molecule is O=C(Nc1ccn(-c2ccc(F)cc2F)n1)C1(c2ccccc2F)CC1. The molecule has 0 aliphatic heterocycles. The molecule has 2 aromatic carbocycles. The molecule has 4 nitrogen and oxygen atoms in total. The summed E-state index contributed by atoms with van der Waals surface area (Å²) in [5.74, 6) is -2.02. The molecule has 4 rings (SSSR count). The first kappa shape index (κ1) is 16.4. The molecule has 1 aliphatic rings. The highest BCUT2D eigenvalue weighted by Gasteiger charge is 2.52. The fourth-order valence-corrected chi connectivity index (χ4v) is 3.02. The number of hydrogen-bond donors (Lipinski definition) is 1. The van der Waals surface area contributed by atoms with Crippen LogP contribution in [0.2, 0.25) is 0 Å². The number of hydrogen-bond acceptors (Lipinski definition) is 2. The molecule has 1 heterocycles. The lowest BCUT2D eigenvalue weighted by Crippen LogP contribution is -2.29. The third kappa shape index (κ3) is 2.75. The molecular formula is C19H14F3N3O. The number of aromatic nitrogens is 2. The first-order chi connectivity index (χ1) is 12.5. The van der Waals surface area contributed by atoms with E-state index in [-0.39, 0.29) is 17.4 Å². The molecule has 0 radical (unpaired) electrons.